The molecule has 0 atom stereocenters. The van der Waals surface area contributed by atoms with E-state index in [0.717, 1.165) is 31.3 Å². The summed E-state index contributed by atoms with van der Waals surface area (Å²) in [6, 6.07) is 0. The van der Waals surface area contributed by atoms with Gasteiger partial charge in [0.2, 0.25) is 0 Å². The minimum Gasteiger partial charge on any atom is -0.463 e. The van der Waals surface area contributed by atoms with Crippen LogP contribution in [0.25, 0.3) is 0 Å². The predicted octanol–water partition coefficient (Wildman–Crippen LogP) is 3.62. The van der Waals surface area contributed by atoms with Crippen molar-refractivity contribution in [3.63, 3.8) is 0 Å². The molecule has 0 aliphatic carbocycles. The molecule has 0 aromatic rings. The van der Waals surface area contributed by atoms with E-state index in [4.69, 9.17) is 14.2 Å². The first kappa shape index (κ1) is 18.9. The average Bonchev–Trinajstić information content (AvgIpc) is 2.40. The summed E-state index contributed by atoms with van der Waals surface area (Å²) in [6.45, 7) is 6.28. The lowest BCUT2D eigenvalue weighted by atomic mass is 10.1. The third-order valence-electron chi connectivity index (χ3n) is 2.98. The molecule has 0 saturated carbocycles. The van der Waals surface area contributed by atoms with E-state index in [1.807, 2.05) is 6.92 Å². The Bertz CT molecular complexity index is 327. The number of methoxy groups -OCH3 is 2. The fraction of sp³-hybridized carbons (Fsp3) is 0.688. The van der Waals surface area contributed by atoms with E-state index in [1.54, 1.807) is 27.2 Å². The van der Waals surface area contributed by atoms with E-state index in [9.17, 15) is 4.79 Å². The molecule has 4 heteroatoms. The van der Waals surface area contributed by atoms with Gasteiger partial charge in [-0.1, -0.05) is 17.2 Å². The van der Waals surface area contributed by atoms with Crippen LogP contribution in [-0.4, -0.2) is 33.1 Å². The molecule has 0 radical (unpaired) electrons. The first-order valence-electron chi connectivity index (χ1n) is 7.08. The SMILES string of the molecule is CCOC(=O)/C=C(/C)CC/C=C(\C)CCC(OC)OC. The molecule has 0 fully saturated rings. The number of esters is 1. The van der Waals surface area contributed by atoms with Gasteiger partial charge in [-0.15, -0.1) is 0 Å². The highest BCUT2D eigenvalue weighted by Crippen LogP contribution is 2.12. The number of hydrogen-bond acceptors (Lipinski definition) is 4. The van der Waals surface area contributed by atoms with Crippen molar-refractivity contribution in [2.45, 2.75) is 52.7 Å². The molecular formula is C16H28O4. The topological polar surface area (TPSA) is 44.8 Å². The molecule has 0 unspecified atom stereocenters. The number of rotatable bonds is 10. The van der Waals surface area contributed by atoms with Crippen molar-refractivity contribution in [1.29, 1.82) is 0 Å². The third kappa shape index (κ3) is 9.75. The highest BCUT2D eigenvalue weighted by atomic mass is 16.7. The Kier molecular flexibility index (Phi) is 11.0. The van der Waals surface area contributed by atoms with Crippen molar-refractivity contribution in [2.24, 2.45) is 0 Å². The Labute approximate surface area is 122 Å². The highest BCUT2D eigenvalue weighted by Gasteiger charge is 2.04. The molecule has 0 aliphatic rings. The fourth-order valence-corrected chi connectivity index (χ4v) is 1.78. The van der Waals surface area contributed by atoms with Gasteiger partial charge < -0.3 is 14.2 Å². The minimum atomic E-state index is -0.256. The van der Waals surface area contributed by atoms with Crippen LogP contribution >= 0.6 is 0 Å². The lowest BCUT2D eigenvalue weighted by Crippen LogP contribution is -2.12. The zero-order chi connectivity index (χ0) is 15.4. The van der Waals surface area contributed by atoms with Crippen molar-refractivity contribution >= 4 is 5.97 Å². The molecule has 0 aromatic carbocycles. The van der Waals surface area contributed by atoms with Crippen molar-refractivity contribution in [1.82, 2.24) is 0 Å². The van der Waals surface area contributed by atoms with Gasteiger partial charge in [-0.25, -0.2) is 4.79 Å². The van der Waals surface area contributed by atoms with Crippen LogP contribution in [0.3, 0.4) is 0 Å². The van der Waals surface area contributed by atoms with E-state index in [1.165, 1.54) is 5.57 Å². The number of carbonyl (C=O) groups excluding carboxylic acids is 1. The van der Waals surface area contributed by atoms with Gasteiger partial charge in [0.1, 0.15) is 0 Å². The van der Waals surface area contributed by atoms with Crippen molar-refractivity contribution < 1.29 is 19.0 Å². The van der Waals surface area contributed by atoms with Gasteiger partial charge in [0.05, 0.1) is 6.61 Å². The second-order valence-electron chi connectivity index (χ2n) is 4.77. The van der Waals surface area contributed by atoms with Crippen LogP contribution in [-0.2, 0) is 19.0 Å². The molecule has 4 nitrogen and oxygen atoms in total. The van der Waals surface area contributed by atoms with E-state index in [0.29, 0.717) is 6.61 Å². The van der Waals surface area contributed by atoms with Gasteiger partial charge in [-0.05, 0) is 40.0 Å². The fourth-order valence-electron chi connectivity index (χ4n) is 1.78. The second-order valence-corrected chi connectivity index (χ2v) is 4.77. The Balaban J connectivity index is 4.01. The highest BCUT2D eigenvalue weighted by molar-refractivity contribution is 5.82. The lowest BCUT2D eigenvalue weighted by molar-refractivity contribution is -0.137. The maximum absolute atomic E-state index is 11.3. The van der Waals surface area contributed by atoms with Crippen LogP contribution in [0, 0.1) is 0 Å². The van der Waals surface area contributed by atoms with Crippen LogP contribution in [0.15, 0.2) is 23.3 Å². The first-order chi connectivity index (χ1) is 9.53. The molecule has 20 heavy (non-hydrogen) atoms. The van der Waals surface area contributed by atoms with Gasteiger partial charge in [0.25, 0.3) is 0 Å². The van der Waals surface area contributed by atoms with Gasteiger partial charge in [-0.2, -0.15) is 0 Å². The van der Waals surface area contributed by atoms with Crippen molar-refractivity contribution in [2.75, 3.05) is 20.8 Å². The van der Waals surface area contributed by atoms with E-state index >= 15 is 0 Å². The summed E-state index contributed by atoms with van der Waals surface area (Å²) < 4.78 is 15.2. The van der Waals surface area contributed by atoms with Crippen molar-refractivity contribution in [3.8, 4) is 0 Å². The molecule has 0 amide bonds. The summed E-state index contributed by atoms with van der Waals surface area (Å²) in [6.07, 6.45) is 7.24. The number of hydrogen-bond donors (Lipinski definition) is 0. The molecule has 0 N–H and O–H groups in total. The average molecular weight is 284 g/mol. The van der Waals surface area contributed by atoms with Gasteiger partial charge >= 0.3 is 5.97 Å². The van der Waals surface area contributed by atoms with Gasteiger partial charge in [-0.3, -0.25) is 0 Å². The van der Waals surface area contributed by atoms with E-state index < -0.39 is 0 Å². The Morgan fingerprint density at radius 1 is 1.10 bits per heavy atom. The molecule has 0 spiro atoms. The summed E-state index contributed by atoms with van der Waals surface area (Å²) >= 11 is 0. The van der Waals surface area contributed by atoms with Crippen LogP contribution in [0.5, 0.6) is 0 Å². The Morgan fingerprint density at radius 2 is 1.75 bits per heavy atom. The number of allylic oxidation sites excluding steroid dienone is 3. The first-order valence-corrected chi connectivity index (χ1v) is 7.08. The number of carbonyl (C=O) groups is 1. The Hall–Kier alpha value is -1.13. The summed E-state index contributed by atoms with van der Waals surface area (Å²) in [5, 5.41) is 0. The van der Waals surface area contributed by atoms with E-state index in [-0.39, 0.29) is 12.3 Å². The number of ether oxygens (including phenoxy) is 3. The minimum absolute atomic E-state index is 0.135. The lowest BCUT2D eigenvalue weighted by Gasteiger charge is -2.12. The molecular weight excluding hydrogens is 256 g/mol. The summed E-state index contributed by atoms with van der Waals surface area (Å²) in [5.74, 6) is -0.256. The molecule has 0 rings (SSSR count). The monoisotopic (exact) mass is 284 g/mol. The van der Waals surface area contributed by atoms with Crippen LogP contribution in [0.1, 0.15) is 46.5 Å². The van der Waals surface area contributed by atoms with Gasteiger partial charge in [0, 0.05) is 26.7 Å². The molecule has 0 aromatic heterocycles. The predicted molar refractivity (Wildman–Crippen MR) is 80.4 cm³/mol. The summed E-state index contributed by atoms with van der Waals surface area (Å²) in [5.41, 5.74) is 2.35. The van der Waals surface area contributed by atoms with Gasteiger partial charge in [0.15, 0.2) is 6.29 Å². The largest absolute Gasteiger partial charge is 0.463 e. The Morgan fingerprint density at radius 3 is 2.30 bits per heavy atom. The summed E-state index contributed by atoms with van der Waals surface area (Å²) in [7, 11) is 3.30. The smallest absolute Gasteiger partial charge is 0.330 e. The van der Waals surface area contributed by atoms with Crippen LogP contribution < -0.4 is 0 Å². The molecule has 116 valence electrons. The maximum atomic E-state index is 11.3. The molecule has 0 bridgehead atoms. The van der Waals surface area contributed by atoms with Crippen LogP contribution in [0.2, 0.25) is 0 Å². The normalized spacial score (nSPS) is 12.9. The van der Waals surface area contributed by atoms with Crippen LogP contribution in [0.4, 0.5) is 0 Å². The molecule has 0 aliphatic heterocycles. The summed E-state index contributed by atoms with van der Waals surface area (Å²) in [4.78, 5) is 11.3. The van der Waals surface area contributed by atoms with Crippen molar-refractivity contribution in [3.05, 3.63) is 23.3 Å². The molecule has 0 heterocycles. The molecule has 0 saturated heterocycles. The zero-order valence-corrected chi connectivity index (χ0v) is 13.4. The van der Waals surface area contributed by atoms with E-state index in [2.05, 4.69) is 13.0 Å². The second kappa shape index (κ2) is 11.7. The quantitative estimate of drug-likeness (QED) is 0.266. The maximum Gasteiger partial charge on any atom is 0.330 e. The third-order valence-corrected chi connectivity index (χ3v) is 2.98. The zero-order valence-electron chi connectivity index (χ0n) is 13.4. The standard InChI is InChI=1S/C16H28O4/c1-6-20-15(17)12-14(3)9-7-8-13(2)10-11-16(18-4)19-5/h8,12,16H,6-7,9-11H2,1-5H3/b13-8+,14-12-.